The van der Waals surface area contributed by atoms with E-state index < -0.39 is 5.97 Å². The maximum Gasteiger partial charge on any atom is 0.303 e. The summed E-state index contributed by atoms with van der Waals surface area (Å²) in [4.78, 5) is 23.1. The van der Waals surface area contributed by atoms with Crippen LogP contribution in [0.15, 0.2) is 60.7 Å². The molecule has 0 aromatic heterocycles. The van der Waals surface area contributed by atoms with Crippen molar-refractivity contribution in [1.29, 1.82) is 0 Å². The highest BCUT2D eigenvalue weighted by Gasteiger charge is 2.11. The Balaban J connectivity index is 2.00. The Kier molecular flexibility index (Phi) is 7.44. The van der Waals surface area contributed by atoms with Crippen LogP contribution in [0.4, 0.5) is 0 Å². The van der Waals surface area contributed by atoms with Crippen molar-refractivity contribution in [3.05, 3.63) is 71.8 Å². The molecule has 2 N–H and O–H groups in total. The third kappa shape index (κ3) is 6.63. The van der Waals surface area contributed by atoms with Crippen LogP contribution in [-0.4, -0.2) is 23.5 Å². The van der Waals surface area contributed by atoms with Gasteiger partial charge < -0.3 is 10.4 Å². The van der Waals surface area contributed by atoms with E-state index in [1.54, 1.807) is 0 Å². The molecule has 0 aliphatic heterocycles. The van der Waals surface area contributed by atoms with E-state index in [-0.39, 0.29) is 12.3 Å². The Labute approximate surface area is 148 Å². The minimum absolute atomic E-state index is 0.117. The number of carboxylic acid groups (broad SMARTS) is 1. The number of benzene rings is 2. The molecular weight excluding hydrogens is 314 g/mol. The van der Waals surface area contributed by atoms with E-state index >= 15 is 0 Å². The van der Waals surface area contributed by atoms with Crippen LogP contribution in [0, 0.1) is 0 Å². The molecule has 0 saturated heterocycles. The predicted octanol–water partition coefficient (Wildman–Crippen LogP) is 3.99. The number of hydrogen-bond acceptors (Lipinski definition) is 2. The number of unbranched alkanes of at least 4 members (excludes halogenated alkanes) is 2. The molecule has 130 valence electrons. The van der Waals surface area contributed by atoms with Crippen LogP contribution in [-0.2, 0) is 9.59 Å². The van der Waals surface area contributed by atoms with E-state index in [0.29, 0.717) is 18.5 Å². The summed E-state index contributed by atoms with van der Waals surface area (Å²) in [6.07, 6.45) is 4.25. The maximum atomic E-state index is 12.6. The highest BCUT2D eigenvalue weighted by molar-refractivity contribution is 6.24. The lowest BCUT2D eigenvalue weighted by molar-refractivity contribution is -0.137. The SMILES string of the molecule is O=C(O)CCCCCNC(=O)C(=Cc1ccccc1)c1ccccc1. The summed E-state index contributed by atoms with van der Waals surface area (Å²) in [6.45, 7) is 0.539. The van der Waals surface area contributed by atoms with Crippen LogP contribution in [0.5, 0.6) is 0 Å². The van der Waals surface area contributed by atoms with Crippen molar-refractivity contribution in [2.45, 2.75) is 25.7 Å². The van der Waals surface area contributed by atoms with Gasteiger partial charge in [0.1, 0.15) is 0 Å². The van der Waals surface area contributed by atoms with Gasteiger partial charge in [-0.1, -0.05) is 67.1 Å². The topological polar surface area (TPSA) is 66.4 Å². The number of aliphatic carboxylic acids is 1. The third-order valence-corrected chi connectivity index (χ3v) is 3.79. The zero-order valence-electron chi connectivity index (χ0n) is 14.2. The molecular formula is C21H23NO3. The van der Waals surface area contributed by atoms with E-state index in [1.807, 2.05) is 66.7 Å². The molecule has 0 atom stereocenters. The standard InChI is InChI=1S/C21H23NO3/c23-20(24)14-8-3-9-15-22-21(25)19(18-12-6-2-7-13-18)16-17-10-4-1-5-11-17/h1-2,4-7,10-13,16H,3,8-9,14-15H2,(H,22,25)(H,23,24). The molecule has 0 bridgehead atoms. The quantitative estimate of drug-likeness (QED) is 0.413. The van der Waals surface area contributed by atoms with Crippen molar-refractivity contribution >= 4 is 23.5 Å². The Morgan fingerprint density at radius 3 is 2.16 bits per heavy atom. The highest BCUT2D eigenvalue weighted by atomic mass is 16.4. The third-order valence-electron chi connectivity index (χ3n) is 3.79. The molecule has 2 rings (SSSR count). The first-order chi connectivity index (χ1) is 12.2. The van der Waals surface area contributed by atoms with E-state index in [2.05, 4.69) is 5.32 Å². The molecule has 0 spiro atoms. The normalized spacial score (nSPS) is 11.1. The summed E-state index contributed by atoms with van der Waals surface area (Å²) in [5.41, 5.74) is 2.46. The van der Waals surface area contributed by atoms with Crippen molar-refractivity contribution < 1.29 is 14.7 Å². The number of carbonyl (C=O) groups excluding carboxylic acids is 1. The van der Waals surface area contributed by atoms with Gasteiger partial charge in [-0.05, 0) is 30.0 Å². The molecule has 0 saturated carbocycles. The Morgan fingerprint density at radius 2 is 1.52 bits per heavy atom. The molecule has 25 heavy (non-hydrogen) atoms. The molecule has 2 aromatic carbocycles. The molecule has 0 aliphatic carbocycles. The molecule has 0 fully saturated rings. The van der Waals surface area contributed by atoms with Crippen molar-refractivity contribution in [3.63, 3.8) is 0 Å². The Morgan fingerprint density at radius 1 is 0.880 bits per heavy atom. The zero-order valence-corrected chi connectivity index (χ0v) is 14.2. The molecule has 2 aromatic rings. The monoisotopic (exact) mass is 337 g/mol. The average molecular weight is 337 g/mol. The second-order valence-electron chi connectivity index (χ2n) is 5.80. The molecule has 4 nitrogen and oxygen atoms in total. The van der Waals surface area contributed by atoms with E-state index in [4.69, 9.17) is 5.11 Å². The average Bonchev–Trinajstić information content (AvgIpc) is 2.63. The summed E-state index contributed by atoms with van der Waals surface area (Å²) in [7, 11) is 0. The minimum Gasteiger partial charge on any atom is -0.481 e. The van der Waals surface area contributed by atoms with E-state index in [9.17, 15) is 9.59 Å². The van der Waals surface area contributed by atoms with Crippen LogP contribution >= 0.6 is 0 Å². The first kappa shape index (κ1) is 18.5. The first-order valence-electron chi connectivity index (χ1n) is 8.49. The number of carboxylic acids is 1. The Bertz CT molecular complexity index is 708. The van der Waals surface area contributed by atoms with E-state index in [1.165, 1.54) is 0 Å². The predicted molar refractivity (Wildman–Crippen MR) is 99.9 cm³/mol. The Hall–Kier alpha value is -2.88. The van der Waals surface area contributed by atoms with Gasteiger partial charge in [0.05, 0.1) is 0 Å². The second kappa shape index (κ2) is 10.1. The summed E-state index contributed by atoms with van der Waals surface area (Å²) >= 11 is 0. The van der Waals surface area contributed by atoms with Crippen LogP contribution in [0.25, 0.3) is 11.6 Å². The number of hydrogen-bond donors (Lipinski definition) is 2. The summed E-state index contributed by atoms with van der Waals surface area (Å²) in [5.74, 6) is -0.894. The number of nitrogens with one attached hydrogen (secondary N) is 1. The fourth-order valence-electron chi connectivity index (χ4n) is 2.49. The largest absolute Gasteiger partial charge is 0.481 e. The van der Waals surface area contributed by atoms with Gasteiger partial charge in [-0.15, -0.1) is 0 Å². The van der Waals surface area contributed by atoms with Crippen LogP contribution in [0.1, 0.15) is 36.8 Å². The lowest BCUT2D eigenvalue weighted by Gasteiger charge is -2.10. The summed E-state index contributed by atoms with van der Waals surface area (Å²) in [5, 5.41) is 11.6. The molecule has 0 radical (unpaired) electrons. The van der Waals surface area contributed by atoms with Gasteiger partial charge in [0.2, 0.25) is 0 Å². The number of amides is 1. The molecule has 4 heteroatoms. The van der Waals surface area contributed by atoms with Gasteiger partial charge in [0, 0.05) is 18.5 Å². The lowest BCUT2D eigenvalue weighted by atomic mass is 10.0. The minimum atomic E-state index is -0.777. The molecule has 0 heterocycles. The van der Waals surface area contributed by atoms with Crippen LogP contribution < -0.4 is 5.32 Å². The van der Waals surface area contributed by atoms with Gasteiger partial charge >= 0.3 is 5.97 Å². The van der Waals surface area contributed by atoms with Gasteiger partial charge in [0.15, 0.2) is 0 Å². The van der Waals surface area contributed by atoms with Crippen molar-refractivity contribution in [2.24, 2.45) is 0 Å². The molecule has 1 amide bonds. The maximum absolute atomic E-state index is 12.6. The molecule has 0 aliphatic rings. The van der Waals surface area contributed by atoms with Crippen LogP contribution in [0.3, 0.4) is 0 Å². The van der Waals surface area contributed by atoms with Crippen LogP contribution in [0.2, 0.25) is 0 Å². The summed E-state index contributed by atoms with van der Waals surface area (Å²) < 4.78 is 0. The van der Waals surface area contributed by atoms with E-state index in [0.717, 1.165) is 24.0 Å². The highest BCUT2D eigenvalue weighted by Crippen LogP contribution is 2.18. The zero-order chi connectivity index (χ0) is 17.9. The van der Waals surface area contributed by atoms with Gasteiger partial charge in [-0.3, -0.25) is 9.59 Å². The fraction of sp³-hybridized carbons (Fsp3) is 0.238. The first-order valence-corrected chi connectivity index (χ1v) is 8.49. The summed E-state index contributed by atoms with van der Waals surface area (Å²) in [6, 6.07) is 19.3. The lowest BCUT2D eigenvalue weighted by Crippen LogP contribution is -2.25. The number of rotatable bonds is 9. The van der Waals surface area contributed by atoms with Crippen molar-refractivity contribution in [2.75, 3.05) is 6.54 Å². The molecule has 0 unspecified atom stereocenters. The smallest absolute Gasteiger partial charge is 0.303 e. The van der Waals surface area contributed by atoms with Gasteiger partial charge in [0.25, 0.3) is 5.91 Å². The second-order valence-corrected chi connectivity index (χ2v) is 5.80. The van der Waals surface area contributed by atoms with Gasteiger partial charge in [-0.2, -0.15) is 0 Å². The number of carbonyl (C=O) groups is 2. The van der Waals surface area contributed by atoms with Gasteiger partial charge in [-0.25, -0.2) is 0 Å². The van der Waals surface area contributed by atoms with Crippen molar-refractivity contribution in [3.8, 4) is 0 Å². The fourth-order valence-corrected chi connectivity index (χ4v) is 2.49. The van der Waals surface area contributed by atoms with Crippen molar-refractivity contribution in [1.82, 2.24) is 5.32 Å².